The molecule has 2 rings (SSSR count). The fourth-order valence-electron chi connectivity index (χ4n) is 1.94. The van der Waals surface area contributed by atoms with Gasteiger partial charge in [-0.25, -0.2) is 8.78 Å². The first-order valence-corrected chi connectivity index (χ1v) is 6.26. The van der Waals surface area contributed by atoms with Crippen molar-refractivity contribution in [3.8, 4) is 0 Å². The zero-order valence-electron chi connectivity index (χ0n) is 9.13. The molecule has 0 unspecified atom stereocenters. The van der Waals surface area contributed by atoms with Crippen molar-refractivity contribution in [1.82, 2.24) is 4.90 Å². The van der Waals surface area contributed by atoms with Crippen molar-refractivity contribution in [2.45, 2.75) is 19.0 Å². The van der Waals surface area contributed by atoms with Crippen LogP contribution in [0.15, 0.2) is 12.1 Å². The van der Waals surface area contributed by atoms with Gasteiger partial charge in [0.25, 0.3) is 0 Å². The Bertz CT molecular complexity index is 403. The van der Waals surface area contributed by atoms with E-state index in [2.05, 4.69) is 0 Å². The lowest BCUT2D eigenvalue weighted by Gasteiger charge is -2.16. The molecule has 0 aliphatic carbocycles. The van der Waals surface area contributed by atoms with Crippen molar-refractivity contribution in [2.75, 3.05) is 13.1 Å². The minimum Gasteiger partial charge on any atom is -0.326 e. The van der Waals surface area contributed by atoms with E-state index in [1.54, 1.807) is 0 Å². The van der Waals surface area contributed by atoms with Gasteiger partial charge in [-0.2, -0.15) is 0 Å². The maximum atomic E-state index is 13.7. The van der Waals surface area contributed by atoms with Gasteiger partial charge in [0.2, 0.25) is 0 Å². The van der Waals surface area contributed by atoms with Crippen LogP contribution in [0.5, 0.6) is 0 Å². The zero-order chi connectivity index (χ0) is 11.7. The molecule has 1 fully saturated rings. The van der Waals surface area contributed by atoms with Gasteiger partial charge < -0.3 is 5.73 Å². The Morgan fingerprint density at radius 3 is 2.71 bits per heavy atom. The van der Waals surface area contributed by atoms with E-state index in [1.165, 1.54) is 12.1 Å². The first kappa shape index (κ1) is 15.1. The van der Waals surface area contributed by atoms with Gasteiger partial charge in [0.15, 0.2) is 0 Å². The molecule has 2 nitrogen and oxygen atoms in total. The molecule has 0 aromatic heterocycles. The van der Waals surface area contributed by atoms with Crippen molar-refractivity contribution in [1.29, 1.82) is 0 Å². The predicted molar refractivity (Wildman–Crippen MR) is 74.2 cm³/mol. The molecule has 0 saturated carbocycles. The summed E-state index contributed by atoms with van der Waals surface area (Å²) in [5.74, 6) is -0.917. The van der Waals surface area contributed by atoms with E-state index in [1.807, 2.05) is 27.5 Å². The topological polar surface area (TPSA) is 29.3 Å². The summed E-state index contributed by atoms with van der Waals surface area (Å²) in [6, 6.07) is 2.90. The first-order chi connectivity index (χ1) is 7.58. The molecule has 96 valence electrons. The highest BCUT2D eigenvalue weighted by Gasteiger charge is 2.22. The summed E-state index contributed by atoms with van der Waals surface area (Å²) < 4.78 is 27.6. The number of halogens is 4. The molecule has 1 aromatic carbocycles. The normalized spacial score (nSPS) is 20.4. The Hall–Kier alpha value is 0.0200. The van der Waals surface area contributed by atoms with E-state index < -0.39 is 11.6 Å². The van der Waals surface area contributed by atoms with E-state index in [4.69, 9.17) is 5.73 Å². The number of benzene rings is 1. The van der Waals surface area contributed by atoms with Crippen LogP contribution in [0.1, 0.15) is 12.0 Å². The standard InChI is InChI=1S/C11H13F2IN2.ClH/c12-9-1-2-10(14)11(13)8(9)6-16-4-3-7(15)5-16;/h1-2,7H,3-6,15H2;1H/t7-;/m0./s1. The van der Waals surface area contributed by atoms with Crippen LogP contribution in [0.25, 0.3) is 0 Å². The molecule has 1 aliphatic heterocycles. The average Bonchev–Trinajstić information content (AvgIpc) is 2.65. The van der Waals surface area contributed by atoms with Gasteiger partial charge in [-0.05, 0) is 41.1 Å². The van der Waals surface area contributed by atoms with Crippen LogP contribution in [0.2, 0.25) is 0 Å². The van der Waals surface area contributed by atoms with Gasteiger partial charge in [-0.3, -0.25) is 4.90 Å². The van der Waals surface area contributed by atoms with Crippen molar-refractivity contribution >= 4 is 35.0 Å². The van der Waals surface area contributed by atoms with E-state index in [-0.39, 0.29) is 24.0 Å². The second-order valence-corrected chi connectivity index (χ2v) is 5.27. The zero-order valence-corrected chi connectivity index (χ0v) is 12.1. The highest BCUT2D eigenvalue weighted by Crippen LogP contribution is 2.21. The Balaban J connectivity index is 0.00000144. The van der Waals surface area contributed by atoms with Crippen molar-refractivity contribution in [3.05, 3.63) is 32.9 Å². The van der Waals surface area contributed by atoms with Crippen molar-refractivity contribution in [2.24, 2.45) is 5.73 Å². The Kier molecular flexibility index (Phi) is 5.56. The highest BCUT2D eigenvalue weighted by atomic mass is 127. The summed E-state index contributed by atoms with van der Waals surface area (Å²) in [4.78, 5) is 1.99. The number of nitrogens with two attached hydrogens (primary N) is 1. The summed E-state index contributed by atoms with van der Waals surface area (Å²) >= 11 is 1.87. The quantitative estimate of drug-likeness (QED) is 0.637. The lowest BCUT2D eigenvalue weighted by molar-refractivity contribution is 0.314. The van der Waals surface area contributed by atoms with E-state index in [0.717, 1.165) is 13.0 Å². The average molecular weight is 375 g/mol. The van der Waals surface area contributed by atoms with Crippen LogP contribution in [0.3, 0.4) is 0 Å². The van der Waals surface area contributed by atoms with E-state index >= 15 is 0 Å². The molecule has 1 saturated heterocycles. The molecule has 0 amide bonds. The molecule has 6 heteroatoms. The van der Waals surface area contributed by atoms with E-state index in [0.29, 0.717) is 16.7 Å². The summed E-state index contributed by atoms with van der Waals surface area (Å²) in [6.45, 7) is 1.83. The molecule has 2 N–H and O–H groups in total. The summed E-state index contributed by atoms with van der Waals surface area (Å²) in [7, 11) is 0. The fraction of sp³-hybridized carbons (Fsp3) is 0.455. The molecule has 0 radical (unpaired) electrons. The number of likely N-dealkylation sites (tertiary alicyclic amines) is 1. The maximum Gasteiger partial charge on any atom is 0.143 e. The highest BCUT2D eigenvalue weighted by molar-refractivity contribution is 14.1. The Labute approximate surface area is 119 Å². The molecular weight excluding hydrogens is 360 g/mol. The van der Waals surface area contributed by atoms with Gasteiger partial charge in [-0.15, -0.1) is 12.4 Å². The van der Waals surface area contributed by atoms with Gasteiger partial charge in [0, 0.05) is 34.8 Å². The Morgan fingerprint density at radius 2 is 2.12 bits per heavy atom. The second-order valence-electron chi connectivity index (χ2n) is 4.11. The molecule has 1 heterocycles. The van der Waals surface area contributed by atoms with Crippen LogP contribution in [-0.4, -0.2) is 24.0 Å². The third kappa shape index (κ3) is 3.49. The van der Waals surface area contributed by atoms with Gasteiger partial charge in [0.1, 0.15) is 11.6 Å². The van der Waals surface area contributed by atoms with Crippen LogP contribution in [0, 0.1) is 15.2 Å². The maximum absolute atomic E-state index is 13.7. The lowest BCUT2D eigenvalue weighted by Crippen LogP contribution is -2.27. The SMILES string of the molecule is Cl.N[C@H]1CCN(Cc2c(F)ccc(I)c2F)C1. The number of nitrogens with zero attached hydrogens (tertiary/aromatic N) is 1. The smallest absolute Gasteiger partial charge is 0.143 e. The third-order valence-corrected chi connectivity index (χ3v) is 3.66. The molecular formula is C11H14ClF2IN2. The lowest BCUT2D eigenvalue weighted by atomic mass is 10.2. The minimum atomic E-state index is -0.474. The molecule has 0 spiro atoms. The van der Waals surface area contributed by atoms with Crippen LogP contribution >= 0.6 is 35.0 Å². The molecule has 17 heavy (non-hydrogen) atoms. The van der Waals surface area contributed by atoms with E-state index in [9.17, 15) is 8.78 Å². The second kappa shape index (κ2) is 6.26. The Morgan fingerprint density at radius 1 is 1.41 bits per heavy atom. The molecule has 1 atom stereocenters. The predicted octanol–water partition coefficient (Wildman–Crippen LogP) is 2.52. The van der Waals surface area contributed by atoms with Gasteiger partial charge >= 0.3 is 0 Å². The summed E-state index contributed by atoms with van der Waals surface area (Å²) in [5, 5.41) is 0. The van der Waals surface area contributed by atoms with Gasteiger partial charge in [0.05, 0.1) is 0 Å². The molecule has 1 aliphatic rings. The minimum absolute atomic E-state index is 0. The monoisotopic (exact) mass is 374 g/mol. The van der Waals surface area contributed by atoms with Crippen molar-refractivity contribution in [3.63, 3.8) is 0 Å². The number of hydrogen-bond acceptors (Lipinski definition) is 2. The van der Waals surface area contributed by atoms with Gasteiger partial charge in [-0.1, -0.05) is 0 Å². The van der Waals surface area contributed by atoms with Crippen LogP contribution in [-0.2, 0) is 6.54 Å². The molecule has 1 aromatic rings. The first-order valence-electron chi connectivity index (χ1n) is 5.18. The number of hydrogen-bond donors (Lipinski definition) is 1. The van der Waals surface area contributed by atoms with Crippen LogP contribution in [0.4, 0.5) is 8.78 Å². The van der Waals surface area contributed by atoms with Crippen molar-refractivity contribution < 1.29 is 8.78 Å². The third-order valence-electron chi connectivity index (χ3n) is 2.83. The largest absolute Gasteiger partial charge is 0.326 e. The summed E-state index contributed by atoms with van der Waals surface area (Å²) in [5.41, 5.74) is 5.91. The molecule has 0 bridgehead atoms. The number of rotatable bonds is 2. The summed E-state index contributed by atoms with van der Waals surface area (Å²) in [6.07, 6.45) is 0.896. The van der Waals surface area contributed by atoms with Crippen LogP contribution < -0.4 is 5.73 Å². The fourth-order valence-corrected chi connectivity index (χ4v) is 2.45.